The number of carbonyl (C=O) groups is 1. The minimum Gasteiger partial charge on any atom is -0.347 e. The summed E-state index contributed by atoms with van der Waals surface area (Å²) >= 11 is 1.56. The van der Waals surface area contributed by atoms with Crippen molar-refractivity contribution < 1.29 is 4.79 Å². The Labute approximate surface area is 163 Å². The highest BCUT2D eigenvalue weighted by Gasteiger charge is 2.40. The van der Waals surface area contributed by atoms with Gasteiger partial charge in [0.2, 0.25) is 0 Å². The normalized spacial score (nSPS) is 26.4. The molecule has 2 atom stereocenters. The fourth-order valence-electron chi connectivity index (χ4n) is 4.10. The van der Waals surface area contributed by atoms with E-state index in [0.29, 0.717) is 23.2 Å². The summed E-state index contributed by atoms with van der Waals surface area (Å²) in [4.78, 5) is 21.3. The summed E-state index contributed by atoms with van der Waals surface area (Å²) in [5.74, 6) is 0.616. The van der Waals surface area contributed by atoms with Gasteiger partial charge < -0.3 is 5.32 Å². The van der Waals surface area contributed by atoms with Crippen molar-refractivity contribution in [3.8, 4) is 6.07 Å². The number of hydrogen-bond acceptors (Lipinski definition) is 5. The second-order valence-corrected chi connectivity index (χ2v) is 8.38. The van der Waals surface area contributed by atoms with Gasteiger partial charge >= 0.3 is 0 Å². The maximum Gasteiger partial charge on any atom is 0.251 e. The van der Waals surface area contributed by atoms with Gasteiger partial charge in [-0.2, -0.15) is 5.26 Å². The van der Waals surface area contributed by atoms with Gasteiger partial charge in [0.05, 0.1) is 0 Å². The van der Waals surface area contributed by atoms with Crippen LogP contribution >= 0.6 is 11.8 Å². The van der Waals surface area contributed by atoms with Crippen molar-refractivity contribution in [2.24, 2.45) is 5.92 Å². The lowest BCUT2D eigenvalue weighted by Crippen LogP contribution is -2.62. The number of piperidine rings is 3. The van der Waals surface area contributed by atoms with E-state index in [1.54, 1.807) is 24.0 Å². The van der Waals surface area contributed by atoms with Gasteiger partial charge in [0, 0.05) is 33.6 Å². The molecule has 1 N–H and O–H groups in total. The molecule has 0 aliphatic carbocycles. The highest BCUT2D eigenvalue weighted by Crippen LogP contribution is 2.32. The third kappa shape index (κ3) is 3.85. The molecular weight excluding hydrogens is 356 g/mol. The Morgan fingerprint density at radius 1 is 1.19 bits per heavy atom. The number of carbonyl (C=O) groups excluding carboxylic acids is 1. The Balaban J connectivity index is 1.39. The zero-order valence-corrected chi connectivity index (χ0v) is 16.1. The number of amides is 1. The van der Waals surface area contributed by atoms with Crippen molar-refractivity contribution in [1.29, 1.82) is 5.26 Å². The van der Waals surface area contributed by atoms with E-state index >= 15 is 0 Å². The third-order valence-corrected chi connectivity index (χ3v) is 6.66. The first-order chi connectivity index (χ1) is 13.1. The molecule has 2 aromatic rings. The molecule has 2 bridgehead atoms. The van der Waals surface area contributed by atoms with Gasteiger partial charge in [0.15, 0.2) is 0 Å². The van der Waals surface area contributed by atoms with E-state index in [1.807, 2.05) is 36.4 Å². The number of fused-ring (bicyclic) bond motifs is 3. The predicted octanol–water partition coefficient (Wildman–Crippen LogP) is 3.32. The topological polar surface area (TPSA) is 69.0 Å². The SMILES string of the molecule is C[C@@H]1[C@H](NC(=O)c2ccc(Sc3ccc(C#N)nc3)cc2)C2CCN1CC2. The van der Waals surface area contributed by atoms with E-state index in [2.05, 4.69) is 22.1 Å². The van der Waals surface area contributed by atoms with E-state index in [9.17, 15) is 4.79 Å². The van der Waals surface area contributed by atoms with Gasteiger partial charge in [-0.1, -0.05) is 11.8 Å². The van der Waals surface area contributed by atoms with Gasteiger partial charge in [-0.3, -0.25) is 9.69 Å². The van der Waals surface area contributed by atoms with Crippen molar-refractivity contribution in [2.45, 2.75) is 41.6 Å². The van der Waals surface area contributed by atoms with E-state index in [-0.39, 0.29) is 11.9 Å². The van der Waals surface area contributed by atoms with Gasteiger partial charge in [-0.25, -0.2) is 4.98 Å². The van der Waals surface area contributed by atoms with Crippen LogP contribution in [-0.4, -0.2) is 41.0 Å². The maximum absolute atomic E-state index is 12.7. The van der Waals surface area contributed by atoms with E-state index in [0.717, 1.165) is 22.9 Å². The number of benzene rings is 1. The van der Waals surface area contributed by atoms with Gasteiger partial charge in [-0.05, 0) is 75.2 Å². The first-order valence-corrected chi connectivity index (χ1v) is 10.1. The molecule has 5 rings (SSSR count). The molecule has 5 nitrogen and oxygen atoms in total. The largest absolute Gasteiger partial charge is 0.347 e. The molecule has 1 aromatic heterocycles. The van der Waals surface area contributed by atoms with E-state index < -0.39 is 0 Å². The second-order valence-electron chi connectivity index (χ2n) is 7.23. The maximum atomic E-state index is 12.7. The molecule has 4 heterocycles. The van der Waals surface area contributed by atoms with Crippen LogP contribution in [0.4, 0.5) is 0 Å². The molecule has 6 heteroatoms. The molecule has 3 aliphatic heterocycles. The van der Waals surface area contributed by atoms with Gasteiger partial charge in [0.25, 0.3) is 5.91 Å². The lowest BCUT2D eigenvalue weighted by Gasteiger charge is -2.49. The summed E-state index contributed by atoms with van der Waals surface area (Å²) in [5.41, 5.74) is 1.11. The van der Waals surface area contributed by atoms with Crippen LogP contribution in [0, 0.1) is 17.2 Å². The van der Waals surface area contributed by atoms with Crippen LogP contribution in [0.25, 0.3) is 0 Å². The van der Waals surface area contributed by atoms with Crippen LogP contribution in [0.1, 0.15) is 35.8 Å². The average molecular weight is 379 g/mol. The molecular formula is C21H22N4OS. The van der Waals surface area contributed by atoms with Crippen LogP contribution < -0.4 is 5.32 Å². The summed E-state index contributed by atoms with van der Waals surface area (Å²) in [7, 11) is 0. The Hall–Kier alpha value is -2.36. The van der Waals surface area contributed by atoms with Crippen LogP contribution in [0.5, 0.6) is 0 Å². The van der Waals surface area contributed by atoms with Crippen molar-refractivity contribution in [1.82, 2.24) is 15.2 Å². The zero-order valence-electron chi connectivity index (χ0n) is 15.3. The van der Waals surface area contributed by atoms with Crippen molar-refractivity contribution in [3.63, 3.8) is 0 Å². The molecule has 0 radical (unpaired) electrons. The molecule has 1 aromatic carbocycles. The predicted molar refractivity (Wildman–Crippen MR) is 105 cm³/mol. The Bertz CT molecular complexity index is 849. The molecule has 3 aliphatic rings. The fraction of sp³-hybridized carbons (Fsp3) is 0.381. The number of pyridine rings is 1. The van der Waals surface area contributed by atoms with Crippen LogP contribution in [-0.2, 0) is 0 Å². The zero-order chi connectivity index (χ0) is 18.8. The smallest absolute Gasteiger partial charge is 0.251 e. The van der Waals surface area contributed by atoms with E-state index in [1.165, 1.54) is 12.8 Å². The van der Waals surface area contributed by atoms with Crippen LogP contribution in [0.15, 0.2) is 52.4 Å². The molecule has 3 saturated heterocycles. The highest BCUT2D eigenvalue weighted by molar-refractivity contribution is 7.99. The van der Waals surface area contributed by atoms with Gasteiger partial charge in [-0.15, -0.1) is 0 Å². The van der Waals surface area contributed by atoms with Crippen LogP contribution in [0.2, 0.25) is 0 Å². The quantitative estimate of drug-likeness (QED) is 0.884. The average Bonchev–Trinajstić information content (AvgIpc) is 2.72. The molecule has 0 unspecified atom stereocenters. The first-order valence-electron chi connectivity index (χ1n) is 9.33. The van der Waals surface area contributed by atoms with Crippen molar-refractivity contribution >= 4 is 17.7 Å². The fourth-order valence-corrected chi connectivity index (χ4v) is 4.88. The summed E-state index contributed by atoms with van der Waals surface area (Å²) in [5, 5.41) is 12.1. The second kappa shape index (κ2) is 7.71. The number of aromatic nitrogens is 1. The molecule has 0 spiro atoms. The Kier molecular flexibility index (Phi) is 5.15. The summed E-state index contributed by atoms with van der Waals surface area (Å²) in [6.45, 7) is 4.55. The summed E-state index contributed by atoms with van der Waals surface area (Å²) < 4.78 is 0. The lowest BCUT2D eigenvalue weighted by atomic mass is 9.79. The summed E-state index contributed by atoms with van der Waals surface area (Å²) in [6, 6.07) is 13.9. The Morgan fingerprint density at radius 3 is 2.48 bits per heavy atom. The van der Waals surface area contributed by atoms with Gasteiger partial charge in [0.1, 0.15) is 11.8 Å². The standard InChI is InChI=1S/C21H22N4OS/c1-14-20(15-8-10-25(14)11-9-15)24-21(26)16-2-5-18(6-3-16)27-19-7-4-17(12-22)23-13-19/h2-7,13-15,20H,8-11H2,1H3,(H,24,26)/t14-,20+/m1/s1. The Morgan fingerprint density at radius 2 is 1.89 bits per heavy atom. The minimum absolute atomic E-state index is 0.0113. The highest BCUT2D eigenvalue weighted by atomic mass is 32.2. The molecule has 27 heavy (non-hydrogen) atoms. The van der Waals surface area contributed by atoms with E-state index in [4.69, 9.17) is 5.26 Å². The minimum atomic E-state index is 0.0113. The molecule has 138 valence electrons. The summed E-state index contributed by atoms with van der Waals surface area (Å²) in [6.07, 6.45) is 4.06. The lowest BCUT2D eigenvalue weighted by molar-refractivity contribution is 0.0217. The number of nitriles is 1. The van der Waals surface area contributed by atoms with Crippen molar-refractivity contribution in [3.05, 3.63) is 53.9 Å². The van der Waals surface area contributed by atoms with Crippen molar-refractivity contribution in [2.75, 3.05) is 13.1 Å². The molecule has 1 amide bonds. The van der Waals surface area contributed by atoms with Crippen LogP contribution in [0.3, 0.4) is 0 Å². The number of hydrogen-bond donors (Lipinski definition) is 1. The number of rotatable bonds is 4. The monoisotopic (exact) mass is 378 g/mol. The molecule has 3 fully saturated rings. The number of nitrogens with one attached hydrogen (secondary N) is 1. The first kappa shape index (κ1) is 18.0. The molecule has 0 saturated carbocycles. The third-order valence-electron chi connectivity index (χ3n) is 5.68. The number of nitrogens with zero attached hydrogens (tertiary/aromatic N) is 3.